The van der Waals surface area contributed by atoms with Crippen molar-refractivity contribution in [3.63, 3.8) is 0 Å². The van der Waals surface area contributed by atoms with Crippen LogP contribution in [-0.4, -0.2) is 22.0 Å². The molecule has 1 aromatic heterocycles. The maximum atomic E-state index is 13.8. The lowest BCUT2D eigenvalue weighted by atomic mass is 10.00. The Bertz CT molecular complexity index is 768. The predicted molar refractivity (Wildman–Crippen MR) is 91.5 cm³/mol. The number of benzene rings is 1. The summed E-state index contributed by atoms with van der Waals surface area (Å²) >= 11 is 0. The topological polar surface area (TPSA) is 57.8 Å². The van der Waals surface area contributed by atoms with E-state index >= 15 is 0 Å². The first-order valence-corrected chi connectivity index (χ1v) is 8.86. The van der Waals surface area contributed by atoms with Crippen LogP contribution in [0, 0.1) is 5.92 Å². The zero-order chi connectivity index (χ0) is 17.4. The summed E-state index contributed by atoms with van der Waals surface area (Å²) in [5, 5.41) is 10.1. The molecule has 0 spiro atoms. The van der Waals surface area contributed by atoms with Crippen LogP contribution in [0.2, 0.25) is 0 Å². The van der Waals surface area contributed by atoms with Gasteiger partial charge >= 0.3 is 0 Å². The first-order chi connectivity index (χ1) is 12.0. The number of rotatable bonds is 5. The van der Waals surface area contributed by atoms with Gasteiger partial charge in [0.05, 0.1) is 0 Å². The molecule has 0 bridgehead atoms. The molecule has 0 radical (unpaired) electrons. The molecule has 4 rings (SSSR count). The Kier molecular flexibility index (Phi) is 4.06. The summed E-state index contributed by atoms with van der Waals surface area (Å²) in [5.41, 5.74) is 2.88. The summed E-state index contributed by atoms with van der Waals surface area (Å²) in [6.45, 7) is 0. The summed E-state index contributed by atoms with van der Waals surface area (Å²) in [6, 6.07) is 9.74. The zero-order valence-electron chi connectivity index (χ0n) is 13.9. The van der Waals surface area contributed by atoms with Gasteiger partial charge < -0.3 is 5.32 Å². The fourth-order valence-corrected chi connectivity index (χ4v) is 3.67. The quantitative estimate of drug-likeness (QED) is 0.824. The first-order valence-electron chi connectivity index (χ1n) is 8.86. The number of halogens is 2. The maximum Gasteiger partial charge on any atom is 0.251 e. The molecule has 1 amide bonds. The van der Waals surface area contributed by atoms with Gasteiger partial charge in [0.25, 0.3) is 5.92 Å². The molecule has 2 aliphatic rings. The lowest BCUT2D eigenvalue weighted by Gasteiger charge is -2.18. The molecule has 2 N–H and O–H groups in total. The highest BCUT2D eigenvalue weighted by atomic mass is 19.3. The van der Waals surface area contributed by atoms with Crippen molar-refractivity contribution < 1.29 is 13.6 Å². The van der Waals surface area contributed by atoms with Gasteiger partial charge in [-0.25, -0.2) is 8.78 Å². The van der Waals surface area contributed by atoms with Gasteiger partial charge in [0.1, 0.15) is 0 Å². The standard InChI is InChI=1S/C19H21F2N3O/c20-19(21)10-4-7-14(19)11-15(25)22-18-16(12-5-2-1-3-6-12)17(23-24-18)13-8-9-13/h1-3,5-6,13-14H,4,7-11H2,(H2,22,23,24,25). The molecule has 0 saturated heterocycles. The van der Waals surface area contributed by atoms with E-state index in [1.165, 1.54) is 0 Å². The molecule has 25 heavy (non-hydrogen) atoms. The fourth-order valence-electron chi connectivity index (χ4n) is 3.67. The largest absolute Gasteiger partial charge is 0.309 e. The van der Waals surface area contributed by atoms with E-state index in [0.29, 0.717) is 24.6 Å². The monoisotopic (exact) mass is 345 g/mol. The molecule has 2 fully saturated rings. The Morgan fingerprint density at radius 2 is 2.00 bits per heavy atom. The molecule has 1 unspecified atom stereocenters. The number of nitrogens with one attached hydrogen (secondary N) is 2. The third kappa shape index (κ3) is 3.30. The van der Waals surface area contributed by atoms with Crippen molar-refractivity contribution in [2.24, 2.45) is 5.92 Å². The van der Waals surface area contributed by atoms with Crippen molar-refractivity contribution in [2.75, 3.05) is 5.32 Å². The van der Waals surface area contributed by atoms with Gasteiger partial charge in [-0.1, -0.05) is 30.3 Å². The third-order valence-corrected chi connectivity index (χ3v) is 5.19. The second kappa shape index (κ2) is 6.24. The van der Waals surface area contributed by atoms with Crippen LogP contribution in [0.1, 0.15) is 50.1 Å². The summed E-state index contributed by atoms with van der Waals surface area (Å²) in [5.74, 6) is -3.11. The van der Waals surface area contributed by atoms with Crippen LogP contribution in [0.3, 0.4) is 0 Å². The lowest BCUT2D eigenvalue weighted by Crippen LogP contribution is -2.27. The number of carbonyl (C=O) groups is 1. The summed E-state index contributed by atoms with van der Waals surface area (Å²) < 4.78 is 27.5. The Balaban J connectivity index is 1.55. The Morgan fingerprint density at radius 3 is 2.64 bits per heavy atom. The molecule has 1 heterocycles. The summed E-state index contributed by atoms with van der Waals surface area (Å²) in [4.78, 5) is 12.3. The molecular weight excluding hydrogens is 324 g/mol. The highest BCUT2D eigenvalue weighted by Gasteiger charge is 2.44. The SMILES string of the molecule is O=C(CC1CCCC1(F)F)Nc1n[nH]c(C2CC2)c1-c1ccccc1. The molecule has 2 aromatic rings. The number of alkyl halides is 2. The number of amides is 1. The average molecular weight is 345 g/mol. The molecule has 1 aromatic carbocycles. The number of hydrogen-bond acceptors (Lipinski definition) is 2. The van der Waals surface area contributed by atoms with E-state index in [-0.39, 0.29) is 12.8 Å². The van der Waals surface area contributed by atoms with Crippen molar-refractivity contribution in [1.29, 1.82) is 0 Å². The van der Waals surface area contributed by atoms with E-state index in [1.807, 2.05) is 30.3 Å². The van der Waals surface area contributed by atoms with Crippen LogP contribution < -0.4 is 5.32 Å². The number of hydrogen-bond donors (Lipinski definition) is 2. The normalized spacial score (nSPS) is 22.1. The summed E-state index contributed by atoms with van der Waals surface area (Å²) in [7, 11) is 0. The van der Waals surface area contributed by atoms with Crippen LogP contribution in [-0.2, 0) is 4.79 Å². The molecule has 0 aliphatic heterocycles. The molecule has 2 saturated carbocycles. The highest BCUT2D eigenvalue weighted by Crippen LogP contribution is 2.46. The van der Waals surface area contributed by atoms with E-state index < -0.39 is 17.7 Å². The fraction of sp³-hybridized carbons (Fsp3) is 0.474. The molecule has 1 atom stereocenters. The molecule has 6 heteroatoms. The van der Waals surface area contributed by atoms with Gasteiger partial charge in [-0.3, -0.25) is 9.89 Å². The number of nitrogens with zero attached hydrogens (tertiary/aromatic N) is 1. The Labute approximate surface area is 145 Å². The van der Waals surface area contributed by atoms with Crippen LogP contribution in [0.25, 0.3) is 11.1 Å². The second-order valence-corrected chi connectivity index (χ2v) is 7.10. The molecular formula is C19H21F2N3O. The minimum Gasteiger partial charge on any atom is -0.309 e. The van der Waals surface area contributed by atoms with Crippen molar-refractivity contribution in [2.45, 2.75) is 50.4 Å². The van der Waals surface area contributed by atoms with Gasteiger partial charge in [0.15, 0.2) is 5.82 Å². The minimum absolute atomic E-state index is 0.117. The van der Waals surface area contributed by atoms with Crippen LogP contribution in [0.5, 0.6) is 0 Å². The van der Waals surface area contributed by atoms with Crippen molar-refractivity contribution in [3.05, 3.63) is 36.0 Å². The second-order valence-electron chi connectivity index (χ2n) is 7.10. The van der Waals surface area contributed by atoms with Gasteiger partial charge in [0, 0.05) is 35.9 Å². The Morgan fingerprint density at radius 1 is 1.24 bits per heavy atom. The van der Waals surface area contributed by atoms with Gasteiger partial charge in [0.2, 0.25) is 5.91 Å². The van der Waals surface area contributed by atoms with Crippen LogP contribution in [0.15, 0.2) is 30.3 Å². The zero-order valence-corrected chi connectivity index (χ0v) is 13.9. The van der Waals surface area contributed by atoms with E-state index in [2.05, 4.69) is 15.5 Å². The average Bonchev–Trinajstić information content (AvgIpc) is 3.27. The van der Waals surface area contributed by atoms with Crippen LogP contribution >= 0.6 is 0 Å². The lowest BCUT2D eigenvalue weighted by molar-refractivity contribution is -0.120. The third-order valence-electron chi connectivity index (χ3n) is 5.19. The number of H-pyrrole nitrogens is 1. The molecule has 132 valence electrons. The smallest absolute Gasteiger partial charge is 0.251 e. The Hall–Kier alpha value is -2.24. The number of aromatic nitrogens is 2. The van der Waals surface area contributed by atoms with Crippen molar-refractivity contribution in [3.8, 4) is 11.1 Å². The first kappa shape index (κ1) is 16.2. The van der Waals surface area contributed by atoms with Gasteiger partial charge in [-0.15, -0.1) is 0 Å². The summed E-state index contributed by atoms with van der Waals surface area (Å²) in [6.07, 6.45) is 2.81. The van der Waals surface area contributed by atoms with Gasteiger partial charge in [-0.05, 0) is 31.2 Å². The molecule has 4 nitrogen and oxygen atoms in total. The van der Waals surface area contributed by atoms with E-state index in [9.17, 15) is 13.6 Å². The number of aromatic amines is 1. The van der Waals surface area contributed by atoms with E-state index in [4.69, 9.17) is 0 Å². The number of carbonyl (C=O) groups excluding carboxylic acids is 1. The predicted octanol–water partition coefficient (Wildman–Crippen LogP) is 4.72. The maximum absolute atomic E-state index is 13.8. The highest BCUT2D eigenvalue weighted by molar-refractivity contribution is 5.95. The van der Waals surface area contributed by atoms with Crippen molar-refractivity contribution >= 4 is 11.7 Å². The molecule has 2 aliphatic carbocycles. The van der Waals surface area contributed by atoms with Gasteiger partial charge in [-0.2, -0.15) is 5.10 Å². The van der Waals surface area contributed by atoms with E-state index in [0.717, 1.165) is 29.7 Å². The van der Waals surface area contributed by atoms with Crippen LogP contribution in [0.4, 0.5) is 14.6 Å². The minimum atomic E-state index is -2.73. The van der Waals surface area contributed by atoms with E-state index in [1.54, 1.807) is 0 Å². The number of anilines is 1. The van der Waals surface area contributed by atoms with Crippen molar-refractivity contribution in [1.82, 2.24) is 10.2 Å².